The van der Waals surface area contributed by atoms with Gasteiger partial charge in [-0.25, -0.2) is 0 Å². The highest BCUT2D eigenvalue weighted by Crippen LogP contribution is 2.28. The monoisotopic (exact) mass is 206 g/mol. The largest absolute Gasteiger partial charge is 0.493 e. The molecule has 2 aromatic rings. The summed E-state index contributed by atoms with van der Waals surface area (Å²) in [6, 6.07) is 7.16. The predicted molar refractivity (Wildman–Crippen MR) is 55.3 cm³/mol. The zero-order chi connectivity index (χ0) is 10.8. The number of furan rings is 1. The predicted octanol–water partition coefficient (Wildman–Crippen LogP) is 1.54. The topological polar surface area (TPSA) is 81.0 Å². The van der Waals surface area contributed by atoms with Gasteiger partial charge in [-0.3, -0.25) is 0 Å². The van der Waals surface area contributed by atoms with Gasteiger partial charge in [-0.2, -0.15) is 0 Å². The van der Waals surface area contributed by atoms with Crippen molar-refractivity contribution >= 4 is 16.8 Å². The Morgan fingerprint density at radius 2 is 2.33 bits per heavy atom. The molecule has 1 heterocycles. The molecular weight excluding hydrogens is 196 g/mol. The molecule has 78 valence electrons. The van der Waals surface area contributed by atoms with Crippen molar-refractivity contribution in [3.8, 4) is 5.75 Å². The first-order chi connectivity index (χ1) is 7.26. The molecule has 3 N–H and O–H groups in total. The van der Waals surface area contributed by atoms with E-state index in [0.29, 0.717) is 17.1 Å². The Balaban J connectivity index is 2.65. The second-order valence-corrected chi connectivity index (χ2v) is 2.97. The van der Waals surface area contributed by atoms with Crippen LogP contribution in [0.4, 0.5) is 0 Å². The summed E-state index contributed by atoms with van der Waals surface area (Å²) >= 11 is 0. The maximum Gasteiger partial charge on any atom is 0.205 e. The highest BCUT2D eigenvalue weighted by atomic mass is 16.5. The van der Waals surface area contributed by atoms with Gasteiger partial charge >= 0.3 is 0 Å². The molecule has 5 heteroatoms. The number of nitrogens with two attached hydrogens (primary N) is 1. The maximum absolute atomic E-state index is 8.51. The van der Waals surface area contributed by atoms with Crippen LogP contribution in [0, 0.1) is 0 Å². The van der Waals surface area contributed by atoms with Crippen LogP contribution in [-0.4, -0.2) is 18.2 Å². The summed E-state index contributed by atoms with van der Waals surface area (Å²) in [6.07, 6.45) is 0. The van der Waals surface area contributed by atoms with Crippen molar-refractivity contribution in [3.05, 3.63) is 30.0 Å². The summed E-state index contributed by atoms with van der Waals surface area (Å²) in [5.41, 5.74) is 6.00. The van der Waals surface area contributed by atoms with Gasteiger partial charge in [0.15, 0.2) is 17.1 Å². The van der Waals surface area contributed by atoms with Crippen LogP contribution in [0.3, 0.4) is 0 Å². The van der Waals surface area contributed by atoms with E-state index in [2.05, 4.69) is 5.16 Å². The lowest BCUT2D eigenvalue weighted by Crippen LogP contribution is -2.11. The van der Waals surface area contributed by atoms with Gasteiger partial charge in [-0.05, 0) is 12.1 Å². The summed E-state index contributed by atoms with van der Waals surface area (Å²) in [5, 5.41) is 12.2. The quantitative estimate of drug-likeness (QED) is 0.338. The van der Waals surface area contributed by atoms with Gasteiger partial charge in [-0.1, -0.05) is 17.3 Å². The van der Waals surface area contributed by atoms with Gasteiger partial charge in [0, 0.05) is 5.39 Å². The van der Waals surface area contributed by atoms with Crippen molar-refractivity contribution in [2.24, 2.45) is 10.9 Å². The van der Waals surface area contributed by atoms with Crippen LogP contribution in [0.5, 0.6) is 5.75 Å². The molecule has 0 saturated heterocycles. The van der Waals surface area contributed by atoms with Crippen LogP contribution in [0.15, 0.2) is 33.8 Å². The average molecular weight is 206 g/mol. The fraction of sp³-hybridized carbons (Fsp3) is 0.100. The fourth-order valence-electron chi connectivity index (χ4n) is 1.37. The molecule has 0 spiro atoms. The molecule has 0 amide bonds. The summed E-state index contributed by atoms with van der Waals surface area (Å²) in [4.78, 5) is 0. The lowest BCUT2D eigenvalue weighted by molar-refractivity contribution is 0.317. The van der Waals surface area contributed by atoms with Gasteiger partial charge in [0.05, 0.1) is 7.11 Å². The van der Waals surface area contributed by atoms with E-state index in [1.807, 2.05) is 12.1 Å². The Morgan fingerprint density at radius 1 is 1.53 bits per heavy atom. The Labute approximate surface area is 85.7 Å². The number of para-hydroxylation sites is 1. The summed E-state index contributed by atoms with van der Waals surface area (Å²) < 4.78 is 10.5. The normalized spacial score (nSPS) is 11.9. The van der Waals surface area contributed by atoms with Crippen LogP contribution in [-0.2, 0) is 0 Å². The molecule has 15 heavy (non-hydrogen) atoms. The number of hydrogen-bond donors (Lipinski definition) is 2. The highest BCUT2D eigenvalue weighted by Gasteiger charge is 2.10. The Morgan fingerprint density at radius 3 is 3.00 bits per heavy atom. The average Bonchev–Trinajstić information content (AvgIpc) is 2.71. The molecule has 0 radical (unpaired) electrons. The molecule has 5 nitrogen and oxygen atoms in total. The van der Waals surface area contributed by atoms with Crippen LogP contribution in [0.1, 0.15) is 5.76 Å². The number of ether oxygens (including phenoxy) is 1. The molecule has 0 aliphatic rings. The third kappa shape index (κ3) is 1.48. The summed E-state index contributed by atoms with van der Waals surface area (Å²) in [5.74, 6) is 0.870. The van der Waals surface area contributed by atoms with E-state index in [1.54, 1.807) is 19.2 Å². The van der Waals surface area contributed by atoms with Crippen LogP contribution < -0.4 is 10.5 Å². The number of rotatable bonds is 2. The molecule has 0 fully saturated rings. The maximum atomic E-state index is 8.51. The number of benzene rings is 1. The minimum absolute atomic E-state index is 0.0618. The summed E-state index contributed by atoms with van der Waals surface area (Å²) in [7, 11) is 1.56. The standard InChI is InChI=1S/C10H10N2O3/c1-14-7-4-2-3-6-5-8(10(11)12-13)15-9(6)7/h2-5,13H,1H3,(H2,11,12). The number of hydrogen-bond acceptors (Lipinski definition) is 4. The van der Waals surface area contributed by atoms with E-state index in [-0.39, 0.29) is 5.84 Å². The van der Waals surface area contributed by atoms with Crippen molar-refractivity contribution < 1.29 is 14.4 Å². The van der Waals surface area contributed by atoms with Gasteiger partial charge < -0.3 is 20.1 Å². The first-order valence-corrected chi connectivity index (χ1v) is 4.30. The van der Waals surface area contributed by atoms with Gasteiger partial charge in [0.25, 0.3) is 0 Å². The summed E-state index contributed by atoms with van der Waals surface area (Å²) in [6.45, 7) is 0. The van der Waals surface area contributed by atoms with E-state index in [9.17, 15) is 0 Å². The molecule has 2 rings (SSSR count). The third-order valence-corrected chi connectivity index (χ3v) is 2.09. The molecule has 0 bridgehead atoms. The minimum atomic E-state index is -0.0618. The lowest BCUT2D eigenvalue weighted by Gasteiger charge is -1.98. The molecule has 0 aliphatic carbocycles. The van der Waals surface area contributed by atoms with E-state index in [0.717, 1.165) is 5.39 Å². The Bertz CT molecular complexity index is 516. The second-order valence-electron chi connectivity index (χ2n) is 2.97. The number of nitrogens with zero attached hydrogens (tertiary/aromatic N) is 1. The molecule has 1 aromatic heterocycles. The van der Waals surface area contributed by atoms with Crippen molar-refractivity contribution in [2.75, 3.05) is 7.11 Å². The Kier molecular flexibility index (Phi) is 2.21. The zero-order valence-corrected chi connectivity index (χ0v) is 8.10. The van der Waals surface area contributed by atoms with Crippen molar-refractivity contribution in [1.29, 1.82) is 0 Å². The van der Waals surface area contributed by atoms with Gasteiger partial charge in [0.2, 0.25) is 5.84 Å². The first-order valence-electron chi connectivity index (χ1n) is 4.30. The van der Waals surface area contributed by atoms with Crippen molar-refractivity contribution in [3.63, 3.8) is 0 Å². The van der Waals surface area contributed by atoms with Crippen molar-refractivity contribution in [2.45, 2.75) is 0 Å². The molecule has 1 aromatic carbocycles. The van der Waals surface area contributed by atoms with Gasteiger partial charge in [0.1, 0.15) is 0 Å². The number of fused-ring (bicyclic) bond motifs is 1. The lowest BCUT2D eigenvalue weighted by atomic mass is 10.2. The molecular formula is C10H10N2O3. The smallest absolute Gasteiger partial charge is 0.205 e. The zero-order valence-electron chi connectivity index (χ0n) is 8.10. The van der Waals surface area contributed by atoms with E-state index >= 15 is 0 Å². The van der Waals surface area contributed by atoms with Crippen molar-refractivity contribution in [1.82, 2.24) is 0 Å². The SMILES string of the molecule is COc1cccc2cc(C(N)=NO)oc12. The van der Waals surface area contributed by atoms with Crippen LogP contribution >= 0.6 is 0 Å². The van der Waals surface area contributed by atoms with E-state index in [1.165, 1.54) is 0 Å². The molecule has 0 atom stereocenters. The second kappa shape index (κ2) is 3.53. The van der Waals surface area contributed by atoms with E-state index in [4.69, 9.17) is 20.1 Å². The van der Waals surface area contributed by atoms with Gasteiger partial charge in [-0.15, -0.1) is 0 Å². The van der Waals surface area contributed by atoms with E-state index < -0.39 is 0 Å². The molecule has 0 saturated carbocycles. The molecule has 0 unspecified atom stereocenters. The Hall–Kier alpha value is -2.17. The number of methoxy groups -OCH3 is 1. The highest BCUT2D eigenvalue weighted by molar-refractivity contribution is 5.99. The fourth-order valence-corrected chi connectivity index (χ4v) is 1.37. The molecule has 0 aliphatic heterocycles. The van der Waals surface area contributed by atoms with Crippen LogP contribution in [0.25, 0.3) is 11.0 Å². The first kappa shape index (κ1) is 9.39. The number of oxime groups is 1. The number of amidine groups is 1. The van der Waals surface area contributed by atoms with Crippen LogP contribution in [0.2, 0.25) is 0 Å². The minimum Gasteiger partial charge on any atom is -0.493 e. The third-order valence-electron chi connectivity index (χ3n) is 2.09.